The maximum atomic E-state index is 5.56. The van der Waals surface area contributed by atoms with Gasteiger partial charge >= 0.3 is 0 Å². The second-order valence-corrected chi connectivity index (χ2v) is 3.73. The summed E-state index contributed by atoms with van der Waals surface area (Å²) in [4.78, 5) is 4.20. The Balaban J connectivity index is 3.55. The van der Waals surface area contributed by atoms with E-state index >= 15 is 0 Å². The molecule has 0 radical (unpaired) electrons. The van der Waals surface area contributed by atoms with Crippen LogP contribution in [0.4, 0.5) is 0 Å². The number of rotatable bonds is 5. The molecule has 0 bridgehead atoms. The van der Waals surface area contributed by atoms with E-state index in [1.165, 1.54) is 0 Å². The van der Waals surface area contributed by atoms with E-state index in [4.69, 9.17) is 5.73 Å². The summed E-state index contributed by atoms with van der Waals surface area (Å²) in [5.41, 5.74) is 5.56. The average Bonchev–Trinajstić information content (AvgIpc) is 2.02. The fraction of sp³-hybridized carbons (Fsp3) is 0.875. The van der Waals surface area contributed by atoms with Crippen LogP contribution >= 0.6 is 11.8 Å². The molecule has 72 valence electrons. The number of guanidine groups is 1. The molecule has 0 heterocycles. The highest BCUT2D eigenvalue weighted by atomic mass is 32.2. The molecule has 3 nitrogen and oxygen atoms in total. The molecule has 12 heavy (non-hydrogen) atoms. The molecule has 0 saturated heterocycles. The van der Waals surface area contributed by atoms with Gasteiger partial charge in [0.2, 0.25) is 0 Å². The Kier molecular flexibility index (Phi) is 7.05. The molecule has 4 heteroatoms. The normalized spacial score (nSPS) is 14.4. The Labute approximate surface area is 79.2 Å². The van der Waals surface area contributed by atoms with E-state index in [1.807, 2.05) is 18.7 Å². The zero-order valence-electron chi connectivity index (χ0n) is 8.13. The van der Waals surface area contributed by atoms with Crippen molar-refractivity contribution in [1.82, 2.24) is 5.32 Å². The van der Waals surface area contributed by atoms with Crippen LogP contribution < -0.4 is 11.1 Å². The second kappa shape index (κ2) is 7.28. The van der Waals surface area contributed by atoms with Gasteiger partial charge in [-0.15, -0.1) is 0 Å². The van der Waals surface area contributed by atoms with Gasteiger partial charge in [0.15, 0.2) is 5.96 Å². The number of aliphatic imine (C=N–C) groups is 1. The van der Waals surface area contributed by atoms with Crippen molar-refractivity contribution < 1.29 is 0 Å². The summed E-state index contributed by atoms with van der Waals surface area (Å²) in [5.74, 6) is 2.31. The van der Waals surface area contributed by atoms with Crippen LogP contribution in [-0.4, -0.2) is 31.1 Å². The van der Waals surface area contributed by atoms with Crippen LogP contribution in [0.5, 0.6) is 0 Å². The zero-order chi connectivity index (χ0) is 9.40. The molecule has 0 aromatic rings. The third-order valence-electron chi connectivity index (χ3n) is 1.38. The number of nitrogens with zero attached hydrogens (tertiary/aromatic N) is 1. The van der Waals surface area contributed by atoms with Gasteiger partial charge in [-0.05, 0) is 24.9 Å². The Hall–Kier alpha value is -0.380. The minimum atomic E-state index is 0.561. The highest BCUT2D eigenvalue weighted by Crippen LogP contribution is 2.03. The van der Waals surface area contributed by atoms with Gasteiger partial charge in [0, 0.05) is 13.1 Å². The summed E-state index contributed by atoms with van der Waals surface area (Å²) >= 11 is 1.84. The minimum absolute atomic E-state index is 0.561. The number of hydrogen-bond donors (Lipinski definition) is 2. The van der Waals surface area contributed by atoms with Gasteiger partial charge in [-0.25, -0.2) is 0 Å². The van der Waals surface area contributed by atoms with Crippen molar-refractivity contribution in [3.05, 3.63) is 0 Å². The zero-order valence-corrected chi connectivity index (χ0v) is 8.95. The van der Waals surface area contributed by atoms with Gasteiger partial charge in [-0.3, -0.25) is 4.99 Å². The van der Waals surface area contributed by atoms with E-state index in [0.717, 1.165) is 18.8 Å². The maximum absolute atomic E-state index is 5.56. The molecule has 1 atom stereocenters. The minimum Gasteiger partial charge on any atom is -0.370 e. The van der Waals surface area contributed by atoms with Crippen LogP contribution in [-0.2, 0) is 0 Å². The molecule has 0 aromatic carbocycles. The quantitative estimate of drug-likeness (QED) is 0.499. The summed E-state index contributed by atoms with van der Waals surface area (Å²) in [6, 6.07) is 0. The predicted octanol–water partition coefficient (Wildman–Crippen LogP) is 0.910. The van der Waals surface area contributed by atoms with E-state index in [1.54, 1.807) is 0 Å². The summed E-state index contributed by atoms with van der Waals surface area (Å²) in [6.45, 7) is 5.85. The highest BCUT2D eigenvalue weighted by Gasteiger charge is 1.98. The number of thioether (sulfide) groups is 1. The van der Waals surface area contributed by atoms with Crippen LogP contribution in [0, 0.1) is 5.92 Å². The molecule has 0 aliphatic heterocycles. The molecule has 1 unspecified atom stereocenters. The lowest BCUT2D eigenvalue weighted by Gasteiger charge is -2.06. The lowest BCUT2D eigenvalue weighted by molar-refractivity contribution is 0.673. The van der Waals surface area contributed by atoms with Crippen LogP contribution in [0.15, 0.2) is 4.99 Å². The van der Waals surface area contributed by atoms with Gasteiger partial charge in [0.1, 0.15) is 0 Å². The first-order valence-electron chi connectivity index (χ1n) is 4.23. The number of hydrogen-bond acceptors (Lipinski definition) is 2. The molecule has 0 fully saturated rings. The van der Waals surface area contributed by atoms with Crippen LogP contribution in [0.2, 0.25) is 0 Å². The fourth-order valence-corrected chi connectivity index (χ4v) is 1.50. The summed E-state index contributed by atoms with van der Waals surface area (Å²) in [5, 5.41) is 2.96. The van der Waals surface area contributed by atoms with Crippen molar-refractivity contribution in [2.75, 3.05) is 25.1 Å². The highest BCUT2D eigenvalue weighted by molar-refractivity contribution is 7.98. The van der Waals surface area contributed by atoms with Crippen molar-refractivity contribution in [2.24, 2.45) is 16.6 Å². The standard InChI is InChI=1S/C8H19N3S/c1-4-10-8(9)11-5-7(2)6-12-3/h7H,4-6H2,1-3H3,(H3,9,10,11). The molecule has 0 aliphatic rings. The van der Waals surface area contributed by atoms with Crippen molar-refractivity contribution in [1.29, 1.82) is 0 Å². The average molecular weight is 189 g/mol. The summed E-state index contributed by atoms with van der Waals surface area (Å²) in [7, 11) is 0. The molecule has 0 aromatic heterocycles. The van der Waals surface area contributed by atoms with Crippen molar-refractivity contribution in [3.8, 4) is 0 Å². The first-order valence-corrected chi connectivity index (χ1v) is 5.62. The van der Waals surface area contributed by atoms with Crippen molar-refractivity contribution >= 4 is 17.7 Å². The largest absolute Gasteiger partial charge is 0.370 e. The van der Waals surface area contributed by atoms with Crippen molar-refractivity contribution in [2.45, 2.75) is 13.8 Å². The molecule has 0 spiro atoms. The monoisotopic (exact) mass is 189 g/mol. The SMILES string of the molecule is CCNC(N)=NCC(C)CSC. The first kappa shape index (κ1) is 11.6. The van der Waals surface area contributed by atoms with E-state index in [-0.39, 0.29) is 0 Å². The molecular formula is C8H19N3S. The van der Waals surface area contributed by atoms with E-state index < -0.39 is 0 Å². The number of nitrogens with one attached hydrogen (secondary N) is 1. The van der Waals surface area contributed by atoms with Crippen LogP contribution in [0.1, 0.15) is 13.8 Å². The third-order valence-corrected chi connectivity index (χ3v) is 2.28. The molecule has 0 aliphatic carbocycles. The fourth-order valence-electron chi connectivity index (χ4n) is 0.828. The Morgan fingerprint density at radius 2 is 2.33 bits per heavy atom. The maximum Gasteiger partial charge on any atom is 0.188 e. The van der Waals surface area contributed by atoms with E-state index in [2.05, 4.69) is 23.5 Å². The topological polar surface area (TPSA) is 50.4 Å². The second-order valence-electron chi connectivity index (χ2n) is 2.82. The van der Waals surface area contributed by atoms with Crippen LogP contribution in [0.25, 0.3) is 0 Å². The smallest absolute Gasteiger partial charge is 0.188 e. The molecule has 3 N–H and O–H groups in total. The van der Waals surface area contributed by atoms with Gasteiger partial charge in [0.05, 0.1) is 0 Å². The lowest BCUT2D eigenvalue weighted by Crippen LogP contribution is -2.31. The predicted molar refractivity (Wildman–Crippen MR) is 57.7 cm³/mol. The number of nitrogens with two attached hydrogens (primary N) is 1. The Bertz CT molecular complexity index is 136. The van der Waals surface area contributed by atoms with E-state index in [9.17, 15) is 0 Å². The molecule has 0 saturated carbocycles. The first-order chi connectivity index (χ1) is 5.70. The third kappa shape index (κ3) is 6.34. The summed E-state index contributed by atoms with van der Waals surface area (Å²) in [6.07, 6.45) is 2.11. The summed E-state index contributed by atoms with van der Waals surface area (Å²) < 4.78 is 0. The van der Waals surface area contributed by atoms with Crippen LogP contribution in [0.3, 0.4) is 0 Å². The lowest BCUT2D eigenvalue weighted by atomic mass is 10.2. The Morgan fingerprint density at radius 3 is 2.83 bits per heavy atom. The Morgan fingerprint density at radius 1 is 1.67 bits per heavy atom. The van der Waals surface area contributed by atoms with E-state index in [0.29, 0.717) is 11.9 Å². The molecule has 0 rings (SSSR count). The molecular weight excluding hydrogens is 170 g/mol. The van der Waals surface area contributed by atoms with Crippen molar-refractivity contribution in [3.63, 3.8) is 0 Å². The van der Waals surface area contributed by atoms with Gasteiger partial charge < -0.3 is 11.1 Å². The molecule has 0 amide bonds. The van der Waals surface area contributed by atoms with Gasteiger partial charge in [-0.2, -0.15) is 11.8 Å². The van der Waals surface area contributed by atoms with Gasteiger partial charge in [0.25, 0.3) is 0 Å². The van der Waals surface area contributed by atoms with Gasteiger partial charge in [-0.1, -0.05) is 6.92 Å².